The summed E-state index contributed by atoms with van der Waals surface area (Å²) in [7, 11) is 0. The van der Waals surface area contributed by atoms with Gasteiger partial charge in [-0.25, -0.2) is 19.7 Å². The van der Waals surface area contributed by atoms with E-state index in [1.165, 1.54) is 31.6 Å². The lowest BCUT2D eigenvalue weighted by Gasteiger charge is -2.23. The zero-order valence-corrected chi connectivity index (χ0v) is 13.7. The first-order valence-corrected chi connectivity index (χ1v) is 7.56. The topological polar surface area (TPSA) is 94.5 Å². The first-order chi connectivity index (χ1) is 11.5. The number of amides is 1. The average Bonchev–Trinajstić information content (AvgIpc) is 2.81. The number of hydrogen-bond acceptors (Lipinski definition) is 7. The monoisotopic (exact) mass is 368 g/mol. The number of rotatable bonds is 3. The molecule has 10 heteroatoms. The number of pyridine rings is 1. The van der Waals surface area contributed by atoms with Gasteiger partial charge in [-0.05, 0) is 19.1 Å². The van der Waals surface area contributed by atoms with Gasteiger partial charge < -0.3 is 9.47 Å². The van der Waals surface area contributed by atoms with Crippen LogP contribution in [0.25, 0.3) is 0 Å². The van der Waals surface area contributed by atoms with E-state index in [4.69, 9.17) is 32.7 Å². The van der Waals surface area contributed by atoms with E-state index in [0.29, 0.717) is 5.02 Å². The van der Waals surface area contributed by atoms with Crippen molar-refractivity contribution in [2.45, 2.75) is 18.7 Å². The van der Waals surface area contributed by atoms with Gasteiger partial charge in [0.2, 0.25) is 6.23 Å². The second-order valence-corrected chi connectivity index (χ2v) is 5.73. The minimum atomic E-state index is -1.17. The molecule has 124 valence electrons. The van der Waals surface area contributed by atoms with Crippen LogP contribution in [-0.4, -0.2) is 32.6 Å². The summed E-state index contributed by atoms with van der Waals surface area (Å²) in [6.45, 7) is 1.45. The molecule has 8 nitrogen and oxygen atoms in total. The average molecular weight is 369 g/mol. The number of anilines is 1. The van der Waals surface area contributed by atoms with E-state index < -0.39 is 23.9 Å². The van der Waals surface area contributed by atoms with Gasteiger partial charge in [-0.1, -0.05) is 23.2 Å². The normalized spacial score (nSPS) is 17.4. The lowest BCUT2D eigenvalue weighted by atomic mass is 10.3. The standard InChI is InChI=1S/C14H10Cl2N4O4/c1-7(15)23-14(22)24-13-11-10(17-4-5-18-11)12(21)20(13)9-3-2-8(16)6-19-9/h2-7,13H,1H3/t7?,13-/m1/s1. The van der Waals surface area contributed by atoms with Crippen molar-refractivity contribution in [1.82, 2.24) is 15.0 Å². The summed E-state index contributed by atoms with van der Waals surface area (Å²) in [5.41, 5.74) is -0.651. The first-order valence-electron chi connectivity index (χ1n) is 6.74. The number of ether oxygens (including phenoxy) is 2. The predicted octanol–water partition coefficient (Wildman–Crippen LogP) is 2.92. The van der Waals surface area contributed by atoms with Crippen LogP contribution in [-0.2, 0) is 9.47 Å². The van der Waals surface area contributed by atoms with Gasteiger partial charge in [0.05, 0.1) is 5.02 Å². The van der Waals surface area contributed by atoms with Crippen molar-refractivity contribution >= 4 is 41.1 Å². The molecule has 24 heavy (non-hydrogen) atoms. The molecule has 1 aliphatic rings. The third kappa shape index (κ3) is 3.10. The summed E-state index contributed by atoms with van der Waals surface area (Å²) >= 11 is 11.4. The zero-order chi connectivity index (χ0) is 17.3. The molecule has 0 saturated heterocycles. The SMILES string of the molecule is CC(Cl)OC(=O)O[C@@H]1c2nccnc2C(=O)N1c1ccc(Cl)cn1. The molecule has 2 atom stereocenters. The van der Waals surface area contributed by atoms with Gasteiger partial charge in [0.15, 0.2) is 11.3 Å². The highest BCUT2D eigenvalue weighted by molar-refractivity contribution is 6.30. The van der Waals surface area contributed by atoms with Crippen LogP contribution in [0.3, 0.4) is 0 Å². The minimum Gasteiger partial charge on any atom is -0.415 e. The number of halogens is 2. The molecule has 0 aliphatic carbocycles. The second-order valence-electron chi connectivity index (χ2n) is 4.68. The van der Waals surface area contributed by atoms with Gasteiger partial charge in [-0.2, -0.15) is 0 Å². The van der Waals surface area contributed by atoms with Crippen LogP contribution in [0.4, 0.5) is 10.6 Å². The Labute approximate surface area is 146 Å². The molecule has 0 saturated carbocycles. The van der Waals surface area contributed by atoms with Crippen molar-refractivity contribution in [3.8, 4) is 0 Å². The maximum absolute atomic E-state index is 12.6. The summed E-state index contributed by atoms with van der Waals surface area (Å²) in [6, 6.07) is 3.06. The molecule has 0 aromatic carbocycles. The van der Waals surface area contributed by atoms with Crippen LogP contribution in [0.5, 0.6) is 0 Å². The van der Waals surface area contributed by atoms with Crippen molar-refractivity contribution in [3.63, 3.8) is 0 Å². The quantitative estimate of drug-likeness (QED) is 0.606. The predicted molar refractivity (Wildman–Crippen MR) is 83.7 cm³/mol. The van der Waals surface area contributed by atoms with Gasteiger partial charge in [0.25, 0.3) is 5.91 Å². The Morgan fingerprint density at radius 2 is 2.04 bits per heavy atom. The fraction of sp³-hybridized carbons (Fsp3) is 0.214. The summed E-state index contributed by atoms with van der Waals surface area (Å²) in [5, 5.41) is 0.395. The highest BCUT2D eigenvalue weighted by Gasteiger charge is 2.44. The van der Waals surface area contributed by atoms with E-state index >= 15 is 0 Å². The smallest absolute Gasteiger partial charge is 0.415 e. The van der Waals surface area contributed by atoms with Gasteiger partial charge in [0.1, 0.15) is 11.5 Å². The maximum Gasteiger partial charge on any atom is 0.512 e. The van der Waals surface area contributed by atoms with E-state index in [1.807, 2.05) is 0 Å². The molecule has 0 bridgehead atoms. The Bertz CT molecular complexity index is 785. The van der Waals surface area contributed by atoms with Crippen LogP contribution < -0.4 is 4.90 Å². The Morgan fingerprint density at radius 3 is 2.71 bits per heavy atom. The van der Waals surface area contributed by atoms with Gasteiger partial charge >= 0.3 is 6.16 Å². The molecule has 2 aromatic heterocycles. The zero-order valence-electron chi connectivity index (χ0n) is 12.2. The summed E-state index contributed by atoms with van der Waals surface area (Å²) in [5.74, 6) is -0.287. The van der Waals surface area contributed by atoms with Crippen LogP contribution in [0.2, 0.25) is 5.02 Å². The van der Waals surface area contributed by atoms with Crippen LogP contribution in [0.15, 0.2) is 30.7 Å². The van der Waals surface area contributed by atoms with Crippen LogP contribution >= 0.6 is 23.2 Å². The third-order valence-corrected chi connectivity index (χ3v) is 3.35. The number of carbonyl (C=O) groups is 2. The molecular formula is C14H10Cl2N4O4. The largest absolute Gasteiger partial charge is 0.512 e. The Balaban J connectivity index is 1.98. The van der Waals surface area contributed by atoms with Crippen molar-refractivity contribution in [2.75, 3.05) is 4.90 Å². The minimum absolute atomic E-state index is 0.0611. The van der Waals surface area contributed by atoms with E-state index in [2.05, 4.69) is 15.0 Å². The molecule has 2 aromatic rings. The lowest BCUT2D eigenvalue weighted by Crippen LogP contribution is -2.32. The lowest BCUT2D eigenvalue weighted by molar-refractivity contribution is 0.0187. The number of hydrogen-bond donors (Lipinski definition) is 0. The molecule has 0 fully saturated rings. The Kier molecular flexibility index (Phi) is 4.50. The highest BCUT2D eigenvalue weighted by atomic mass is 35.5. The van der Waals surface area contributed by atoms with Gasteiger partial charge in [0, 0.05) is 18.6 Å². The molecule has 1 aliphatic heterocycles. The van der Waals surface area contributed by atoms with Gasteiger partial charge in [-0.3, -0.25) is 9.78 Å². The first kappa shape index (κ1) is 16.4. The molecule has 0 N–H and O–H groups in total. The number of nitrogens with zero attached hydrogens (tertiary/aromatic N) is 4. The second kappa shape index (κ2) is 6.58. The number of carbonyl (C=O) groups excluding carboxylic acids is 2. The van der Waals surface area contributed by atoms with Crippen molar-refractivity contribution in [3.05, 3.63) is 47.1 Å². The molecule has 1 amide bonds. The summed E-state index contributed by atoms with van der Waals surface area (Å²) in [4.78, 5) is 37.7. The molecular weight excluding hydrogens is 359 g/mol. The molecule has 0 radical (unpaired) electrons. The van der Waals surface area contributed by atoms with E-state index in [0.717, 1.165) is 4.90 Å². The maximum atomic E-state index is 12.6. The molecule has 0 spiro atoms. The Morgan fingerprint density at radius 1 is 1.29 bits per heavy atom. The van der Waals surface area contributed by atoms with E-state index in [9.17, 15) is 9.59 Å². The number of alkyl halides is 1. The molecule has 3 rings (SSSR count). The Hall–Kier alpha value is -2.45. The number of aromatic nitrogens is 3. The van der Waals surface area contributed by atoms with E-state index in [1.54, 1.807) is 6.07 Å². The highest BCUT2D eigenvalue weighted by Crippen LogP contribution is 2.35. The summed E-state index contributed by atoms with van der Waals surface area (Å²) in [6.07, 6.45) is 1.90. The van der Waals surface area contributed by atoms with E-state index in [-0.39, 0.29) is 17.2 Å². The molecule has 1 unspecified atom stereocenters. The molecule has 3 heterocycles. The van der Waals surface area contributed by atoms with Crippen molar-refractivity contribution < 1.29 is 19.1 Å². The third-order valence-electron chi connectivity index (χ3n) is 3.04. The van der Waals surface area contributed by atoms with Crippen molar-refractivity contribution in [1.29, 1.82) is 0 Å². The fourth-order valence-corrected chi connectivity index (χ4v) is 2.32. The van der Waals surface area contributed by atoms with Crippen LogP contribution in [0.1, 0.15) is 29.3 Å². The fourth-order valence-electron chi connectivity index (χ4n) is 2.13. The van der Waals surface area contributed by atoms with Crippen molar-refractivity contribution in [2.24, 2.45) is 0 Å². The van der Waals surface area contributed by atoms with Crippen LogP contribution in [0, 0.1) is 0 Å². The van der Waals surface area contributed by atoms with Gasteiger partial charge in [-0.15, -0.1) is 0 Å². The summed E-state index contributed by atoms with van der Waals surface area (Å²) < 4.78 is 9.94. The number of fused-ring (bicyclic) bond motifs is 1.